The van der Waals surface area contributed by atoms with Gasteiger partial charge in [-0.3, -0.25) is 0 Å². The van der Waals surface area contributed by atoms with Crippen molar-refractivity contribution in [3.63, 3.8) is 0 Å². The minimum atomic E-state index is -0.362. The monoisotopic (exact) mass is 439 g/mol. The molecule has 2 aromatic carbocycles. The fourth-order valence-corrected chi connectivity index (χ4v) is 3.41. The number of nitrogens with one attached hydrogen (secondary N) is 2. The molecule has 0 fully saturated rings. The third-order valence-electron chi connectivity index (χ3n) is 4.71. The molecule has 0 unspecified atom stereocenters. The number of aromatic nitrogens is 3. The minimum Gasteiger partial charge on any atom is -0.308 e. The molecule has 0 saturated carbocycles. The van der Waals surface area contributed by atoms with Crippen molar-refractivity contribution in [2.75, 3.05) is 10.6 Å². The summed E-state index contributed by atoms with van der Waals surface area (Å²) in [5.41, 5.74) is 4.53. The molecule has 4 rings (SSSR count). The van der Waals surface area contributed by atoms with E-state index in [1.54, 1.807) is 24.3 Å². The number of pyridine rings is 1. The Morgan fingerprint density at radius 3 is 2.23 bits per heavy atom. The molecule has 4 aromatic rings. The summed E-state index contributed by atoms with van der Waals surface area (Å²) in [5.74, 6) is 0.842. The van der Waals surface area contributed by atoms with Gasteiger partial charge in [0, 0.05) is 15.7 Å². The smallest absolute Gasteiger partial charge is 0.308 e. The molecule has 30 heavy (non-hydrogen) atoms. The van der Waals surface area contributed by atoms with Crippen LogP contribution in [0.3, 0.4) is 0 Å². The van der Waals surface area contributed by atoms with Crippen LogP contribution in [0.5, 0.6) is 0 Å². The lowest BCUT2D eigenvalue weighted by molar-refractivity contribution is 0.262. The number of fused-ring (bicyclic) bond motifs is 1. The van der Waals surface area contributed by atoms with Gasteiger partial charge in [-0.1, -0.05) is 35.3 Å². The lowest BCUT2D eigenvalue weighted by Gasteiger charge is -2.11. The number of hydrogen-bond donors (Lipinski definition) is 2. The van der Waals surface area contributed by atoms with E-state index in [2.05, 4.69) is 15.6 Å². The number of aryl methyl sites for hydroxylation is 2. The number of carbonyl (C=O) groups excluding carboxylic acids is 1. The van der Waals surface area contributed by atoms with Crippen LogP contribution >= 0.6 is 23.2 Å². The van der Waals surface area contributed by atoms with Crippen LogP contribution in [0.15, 0.2) is 54.6 Å². The molecule has 2 N–H and O–H groups in total. The summed E-state index contributed by atoms with van der Waals surface area (Å²) in [5, 5.41) is 6.92. The highest BCUT2D eigenvalue weighted by Gasteiger charge is 2.14. The predicted molar refractivity (Wildman–Crippen MR) is 122 cm³/mol. The lowest BCUT2D eigenvalue weighted by Crippen LogP contribution is -2.20. The quantitative estimate of drug-likeness (QED) is 0.406. The van der Waals surface area contributed by atoms with E-state index >= 15 is 0 Å². The van der Waals surface area contributed by atoms with Crippen LogP contribution in [-0.2, 0) is 6.54 Å². The van der Waals surface area contributed by atoms with Crippen LogP contribution in [0.25, 0.3) is 11.2 Å². The SMILES string of the molecule is Cc1nc2c(cc1NC(=O)Nc1ccc(Cl)cc1)nc(C)n2Cc1ccc(Cl)cc1. The maximum absolute atomic E-state index is 12.4. The van der Waals surface area contributed by atoms with Crippen molar-refractivity contribution in [2.45, 2.75) is 20.4 Å². The van der Waals surface area contributed by atoms with Gasteiger partial charge in [0.2, 0.25) is 0 Å². The first-order valence-electron chi connectivity index (χ1n) is 9.31. The summed E-state index contributed by atoms with van der Waals surface area (Å²) in [6.45, 7) is 4.43. The van der Waals surface area contributed by atoms with Crippen LogP contribution in [-0.4, -0.2) is 20.6 Å². The number of carbonyl (C=O) groups is 1. The highest BCUT2D eigenvalue weighted by Crippen LogP contribution is 2.23. The molecule has 0 saturated heterocycles. The zero-order chi connectivity index (χ0) is 21.3. The number of nitrogens with zero attached hydrogens (tertiary/aromatic N) is 3. The van der Waals surface area contributed by atoms with E-state index < -0.39 is 0 Å². The summed E-state index contributed by atoms with van der Waals surface area (Å²) >= 11 is 11.9. The average molecular weight is 440 g/mol. The Morgan fingerprint density at radius 2 is 1.57 bits per heavy atom. The normalized spacial score (nSPS) is 10.9. The van der Waals surface area contributed by atoms with Crippen molar-refractivity contribution in [1.29, 1.82) is 0 Å². The third kappa shape index (κ3) is 4.40. The zero-order valence-electron chi connectivity index (χ0n) is 16.4. The summed E-state index contributed by atoms with van der Waals surface area (Å²) < 4.78 is 2.04. The van der Waals surface area contributed by atoms with Crippen molar-refractivity contribution in [3.8, 4) is 0 Å². The molecule has 0 radical (unpaired) electrons. The Labute approximate surface area is 183 Å². The van der Waals surface area contributed by atoms with E-state index in [1.165, 1.54) is 0 Å². The van der Waals surface area contributed by atoms with E-state index in [1.807, 2.05) is 48.7 Å². The van der Waals surface area contributed by atoms with E-state index in [9.17, 15) is 4.79 Å². The van der Waals surface area contributed by atoms with Crippen molar-refractivity contribution in [2.24, 2.45) is 0 Å². The Bertz CT molecular complexity index is 1220. The van der Waals surface area contributed by atoms with E-state index in [-0.39, 0.29) is 6.03 Å². The summed E-state index contributed by atoms with van der Waals surface area (Å²) in [6.07, 6.45) is 0. The zero-order valence-corrected chi connectivity index (χ0v) is 17.9. The second kappa shape index (κ2) is 8.34. The summed E-state index contributed by atoms with van der Waals surface area (Å²) in [4.78, 5) is 21.7. The molecular weight excluding hydrogens is 421 g/mol. The number of imidazole rings is 1. The maximum Gasteiger partial charge on any atom is 0.323 e. The molecule has 0 aliphatic carbocycles. The van der Waals surface area contributed by atoms with Gasteiger partial charge in [-0.2, -0.15) is 0 Å². The fraction of sp³-hybridized carbons (Fsp3) is 0.136. The molecule has 0 aliphatic heterocycles. The molecule has 0 bridgehead atoms. The first kappa shape index (κ1) is 20.2. The minimum absolute atomic E-state index is 0.362. The van der Waals surface area contributed by atoms with Gasteiger partial charge in [-0.25, -0.2) is 14.8 Å². The highest BCUT2D eigenvalue weighted by atomic mass is 35.5. The number of halogens is 2. The maximum atomic E-state index is 12.4. The van der Waals surface area contributed by atoms with Crippen LogP contribution in [0.1, 0.15) is 17.1 Å². The van der Waals surface area contributed by atoms with Gasteiger partial charge >= 0.3 is 6.03 Å². The van der Waals surface area contributed by atoms with Gasteiger partial charge in [-0.15, -0.1) is 0 Å². The Morgan fingerprint density at radius 1 is 0.933 bits per heavy atom. The van der Waals surface area contributed by atoms with Gasteiger partial charge < -0.3 is 15.2 Å². The van der Waals surface area contributed by atoms with E-state index in [0.717, 1.165) is 17.0 Å². The molecule has 0 spiro atoms. The molecule has 152 valence electrons. The van der Waals surface area contributed by atoms with E-state index in [0.29, 0.717) is 39.2 Å². The number of hydrogen-bond acceptors (Lipinski definition) is 3. The lowest BCUT2D eigenvalue weighted by atomic mass is 10.2. The summed E-state index contributed by atoms with van der Waals surface area (Å²) in [6, 6.07) is 16.1. The van der Waals surface area contributed by atoms with Gasteiger partial charge in [0.15, 0.2) is 5.65 Å². The Kier molecular flexibility index (Phi) is 5.61. The molecule has 0 aliphatic rings. The molecule has 2 heterocycles. The largest absolute Gasteiger partial charge is 0.323 e. The molecular formula is C22H19Cl2N5O. The number of rotatable bonds is 4. The molecule has 2 amide bonds. The first-order valence-corrected chi connectivity index (χ1v) is 10.1. The number of amides is 2. The number of urea groups is 1. The van der Waals surface area contributed by atoms with Gasteiger partial charge in [0.1, 0.15) is 11.3 Å². The second-order valence-electron chi connectivity index (χ2n) is 6.92. The standard InChI is InChI=1S/C22H19Cl2N5O/c1-13-19(28-22(30)27-18-9-7-17(24)8-10-18)11-20-21(25-13)29(14(2)26-20)12-15-3-5-16(23)6-4-15/h3-11H,12H2,1-2H3,(H2,27,28,30). The van der Waals surface area contributed by atoms with Crippen molar-refractivity contribution in [1.82, 2.24) is 14.5 Å². The highest BCUT2D eigenvalue weighted by molar-refractivity contribution is 6.30. The predicted octanol–water partition coefficient (Wildman–Crippen LogP) is 6.05. The van der Waals surface area contributed by atoms with Crippen LogP contribution in [0, 0.1) is 13.8 Å². The summed E-state index contributed by atoms with van der Waals surface area (Å²) in [7, 11) is 0. The Balaban J connectivity index is 1.57. The van der Waals surface area contributed by atoms with Crippen LogP contribution in [0.2, 0.25) is 10.0 Å². The number of anilines is 2. The van der Waals surface area contributed by atoms with Crippen molar-refractivity contribution in [3.05, 3.63) is 81.7 Å². The van der Waals surface area contributed by atoms with E-state index in [4.69, 9.17) is 28.2 Å². The second-order valence-corrected chi connectivity index (χ2v) is 7.79. The van der Waals surface area contributed by atoms with Gasteiger partial charge in [0.25, 0.3) is 0 Å². The topological polar surface area (TPSA) is 71.8 Å². The van der Waals surface area contributed by atoms with Gasteiger partial charge in [0.05, 0.1) is 17.9 Å². The van der Waals surface area contributed by atoms with Gasteiger partial charge in [-0.05, 0) is 61.9 Å². The average Bonchev–Trinajstić information content (AvgIpc) is 3.00. The van der Waals surface area contributed by atoms with Crippen LogP contribution < -0.4 is 10.6 Å². The van der Waals surface area contributed by atoms with Crippen LogP contribution in [0.4, 0.5) is 16.2 Å². The first-order chi connectivity index (χ1) is 14.4. The van der Waals surface area contributed by atoms with Crippen molar-refractivity contribution < 1.29 is 4.79 Å². The molecule has 6 nitrogen and oxygen atoms in total. The fourth-order valence-electron chi connectivity index (χ4n) is 3.16. The third-order valence-corrected chi connectivity index (χ3v) is 5.21. The molecule has 0 atom stereocenters. The molecule has 8 heteroatoms. The number of benzene rings is 2. The Hall–Kier alpha value is -3.09. The van der Waals surface area contributed by atoms with Crippen molar-refractivity contribution >= 4 is 51.8 Å². The molecule has 2 aromatic heterocycles.